The van der Waals surface area contributed by atoms with E-state index in [0.717, 1.165) is 0 Å². The number of hydrazine groups is 1. The molecule has 3 atom stereocenters. The van der Waals surface area contributed by atoms with Crippen LogP contribution in [0.2, 0.25) is 0 Å². The number of ether oxygens (including phenoxy) is 2. The molecule has 49 heavy (non-hydrogen) atoms. The Kier molecular flexibility index (Phi) is 11.1. The summed E-state index contributed by atoms with van der Waals surface area (Å²) in [5.74, 6) is 0. The highest BCUT2D eigenvalue weighted by Crippen LogP contribution is 2.44. The number of carbonyl (C=O) groups excluding carboxylic acids is 3. The second-order valence-electron chi connectivity index (χ2n) is 11.3. The zero-order chi connectivity index (χ0) is 35.9. The van der Waals surface area contributed by atoms with Crippen molar-refractivity contribution < 1.29 is 50.2 Å². The van der Waals surface area contributed by atoms with Crippen LogP contribution in [0.3, 0.4) is 0 Å². The summed E-state index contributed by atoms with van der Waals surface area (Å²) in [5, 5.41) is 2.47. The summed E-state index contributed by atoms with van der Waals surface area (Å²) in [4.78, 5) is 41.9. The van der Waals surface area contributed by atoms with E-state index < -0.39 is 71.6 Å². The van der Waals surface area contributed by atoms with Crippen molar-refractivity contribution in [3.05, 3.63) is 118 Å². The fraction of sp³-hybridized carbons (Fsp3) is 0.333. The van der Waals surface area contributed by atoms with Crippen LogP contribution in [-0.2, 0) is 38.8 Å². The van der Waals surface area contributed by atoms with Crippen LogP contribution in [0.15, 0.2) is 78.9 Å². The maximum atomic E-state index is 14.0. The van der Waals surface area contributed by atoms with E-state index in [0.29, 0.717) is 23.3 Å². The number of piperidine rings is 1. The number of benzene rings is 3. The molecule has 1 saturated heterocycles. The molecule has 0 unspecified atom stereocenters. The van der Waals surface area contributed by atoms with E-state index in [1.165, 1.54) is 11.8 Å². The fourth-order valence-corrected chi connectivity index (χ4v) is 5.49. The minimum absolute atomic E-state index is 0.0189. The van der Waals surface area contributed by atoms with Crippen molar-refractivity contribution in [2.75, 3.05) is 13.2 Å². The molecule has 0 spiro atoms. The average Bonchev–Trinajstić information content (AvgIpc) is 3.09. The molecule has 3 aromatic rings. The molecule has 260 valence electrons. The topological polar surface area (TPSA) is 113 Å². The van der Waals surface area contributed by atoms with Crippen LogP contribution >= 0.6 is 0 Å². The normalized spacial score (nSPS) is 20.0. The van der Waals surface area contributed by atoms with Crippen molar-refractivity contribution >= 4 is 18.5 Å². The maximum Gasteiger partial charge on any atom is 0.416 e. The zero-order valence-corrected chi connectivity index (χ0v) is 25.9. The summed E-state index contributed by atoms with van der Waals surface area (Å²) < 4.78 is 93.4. The number of hydrogen-bond donors (Lipinski definition) is 3. The van der Waals surface area contributed by atoms with Gasteiger partial charge in [-0.2, -0.15) is 26.3 Å². The predicted molar refractivity (Wildman–Crippen MR) is 162 cm³/mol. The molecule has 0 aliphatic carbocycles. The SMILES string of the molecule is [C-]#[N+][C@]1(NC(=O)NNC=O)CC[C@@](CO[C@H](C)c2cc(C(F)(F)F)cc(C(F)(F)F)c2)(c2ccccc2)N(C(=O)OCc2ccccc2)C1. The van der Waals surface area contributed by atoms with Crippen LogP contribution in [-0.4, -0.2) is 42.2 Å². The summed E-state index contributed by atoms with van der Waals surface area (Å²) in [6.45, 7) is 8.10. The van der Waals surface area contributed by atoms with Gasteiger partial charge >= 0.3 is 30.1 Å². The maximum absolute atomic E-state index is 14.0. The molecule has 4 rings (SSSR count). The third-order valence-electron chi connectivity index (χ3n) is 8.08. The van der Waals surface area contributed by atoms with Crippen LogP contribution < -0.4 is 16.2 Å². The number of carbonyl (C=O) groups is 3. The monoisotopic (exact) mass is 691 g/mol. The number of alkyl halides is 6. The summed E-state index contributed by atoms with van der Waals surface area (Å²) in [6.07, 6.45) is -12.4. The Bertz CT molecular complexity index is 1640. The summed E-state index contributed by atoms with van der Waals surface area (Å²) >= 11 is 0. The van der Waals surface area contributed by atoms with E-state index in [2.05, 4.69) is 10.2 Å². The van der Waals surface area contributed by atoms with Crippen molar-refractivity contribution in [3.63, 3.8) is 0 Å². The zero-order valence-electron chi connectivity index (χ0n) is 25.9. The quantitative estimate of drug-likeness (QED) is 0.0948. The molecule has 1 aliphatic rings. The fourth-order valence-electron chi connectivity index (χ4n) is 5.49. The molecular weight excluding hydrogens is 660 g/mol. The van der Waals surface area contributed by atoms with E-state index in [-0.39, 0.29) is 31.9 Å². The Labute approximate surface area is 277 Å². The molecule has 3 N–H and O–H groups in total. The number of halogens is 6. The first-order valence-corrected chi connectivity index (χ1v) is 14.7. The molecule has 0 saturated carbocycles. The van der Waals surface area contributed by atoms with E-state index in [9.17, 15) is 40.7 Å². The second kappa shape index (κ2) is 14.9. The Morgan fingerprint density at radius 2 is 1.55 bits per heavy atom. The smallest absolute Gasteiger partial charge is 0.416 e. The highest BCUT2D eigenvalue weighted by molar-refractivity contribution is 5.76. The molecule has 1 fully saturated rings. The van der Waals surface area contributed by atoms with Crippen LogP contribution in [0.1, 0.15) is 53.7 Å². The molecule has 1 aliphatic heterocycles. The molecule has 0 bridgehead atoms. The minimum atomic E-state index is -5.08. The van der Waals surface area contributed by atoms with Crippen molar-refractivity contribution in [1.82, 2.24) is 21.1 Å². The van der Waals surface area contributed by atoms with Crippen molar-refractivity contribution in [1.29, 1.82) is 0 Å². The van der Waals surface area contributed by atoms with Gasteiger partial charge in [0, 0.05) is 0 Å². The third-order valence-corrected chi connectivity index (χ3v) is 8.08. The predicted octanol–water partition coefficient (Wildman–Crippen LogP) is 6.71. The van der Waals surface area contributed by atoms with Crippen molar-refractivity contribution in [2.24, 2.45) is 0 Å². The van der Waals surface area contributed by atoms with Gasteiger partial charge in [-0.1, -0.05) is 60.7 Å². The Morgan fingerprint density at radius 1 is 0.959 bits per heavy atom. The number of amides is 4. The number of hydrogen-bond acceptors (Lipinski definition) is 5. The lowest BCUT2D eigenvalue weighted by Gasteiger charge is -2.49. The number of likely N-dealkylation sites (tertiary alicyclic amines) is 1. The summed E-state index contributed by atoms with van der Waals surface area (Å²) in [5.41, 5.74) is -1.56. The van der Waals surface area contributed by atoms with Gasteiger partial charge in [-0.15, -0.1) is 0 Å². The van der Waals surface area contributed by atoms with Crippen molar-refractivity contribution in [2.45, 2.75) is 56.0 Å². The van der Waals surface area contributed by atoms with Crippen LogP contribution in [0.5, 0.6) is 0 Å². The molecule has 1 heterocycles. The Hall–Kier alpha value is -5.30. The first-order chi connectivity index (χ1) is 23.1. The highest BCUT2D eigenvalue weighted by Gasteiger charge is 2.56. The van der Waals surface area contributed by atoms with Gasteiger partial charge in [-0.25, -0.2) is 21.6 Å². The number of rotatable bonds is 10. The van der Waals surface area contributed by atoms with Gasteiger partial charge in [0.25, 0.3) is 0 Å². The van der Waals surface area contributed by atoms with Crippen molar-refractivity contribution in [3.8, 4) is 0 Å². The highest BCUT2D eigenvalue weighted by atomic mass is 19.4. The van der Waals surface area contributed by atoms with Crippen LogP contribution in [0, 0.1) is 6.57 Å². The number of urea groups is 1. The average molecular weight is 692 g/mol. The number of nitrogens with one attached hydrogen (secondary N) is 3. The molecule has 10 nitrogen and oxygen atoms in total. The van der Waals surface area contributed by atoms with E-state index >= 15 is 0 Å². The Morgan fingerprint density at radius 3 is 2.10 bits per heavy atom. The van der Waals surface area contributed by atoms with Gasteiger partial charge < -0.3 is 9.47 Å². The van der Waals surface area contributed by atoms with Gasteiger partial charge in [0.15, 0.2) is 0 Å². The summed E-state index contributed by atoms with van der Waals surface area (Å²) in [6, 6.07) is 17.1. The van der Waals surface area contributed by atoms with E-state index in [4.69, 9.17) is 16.0 Å². The third kappa shape index (κ3) is 8.79. The molecule has 16 heteroatoms. The summed E-state index contributed by atoms with van der Waals surface area (Å²) in [7, 11) is 0. The van der Waals surface area contributed by atoms with E-state index in [1.807, 2.05) is 10.9 Å². The first kappa shape index (κ1) is 36.5. The molecule has 0 radical (unpaired) electrons. The first-order valence-electron chi connectivity index (χ1n) is 14.7. The van der Waals surface area contributed by atoms with Gasteiger partial charge in [0.2, 0.25) is 6.41 Å². The second-order valence-corrected chi connectivity index (χ2v) is 11.3. The van der Waals surface area contributed by atoms with Gasteiger partial charge in [-0.3, -0.25) is 25.3 Å². The van der Waals surface area contributed by atoms with Crippen LogP contribution in [0.25, 0.3) is 4.85 Å². The lowest BCUT2D eigenvalue weighted by Crippen LogP contribution is -2.67. The van der Waals surface area contributed by atoms with Gasteiger partial charge in [-0.05, 0) is 48.2 Å². The van der Waals surface area contributed by atoms with Gasteiger partial charge in [0.05, 0.1) is 35.8 Å². The lowest BCUT2D eigenvalue weighted by atomic mass is 9.77. The minimum Gasteiger partial charge on any atom is -0.445 e. The Balaban J connectivity index is 1.74. The number of nitrogens with zero attached hydrogens (tertiary/aromatic N) is 2. The lowest BCUT2D eigenvalue weighted by molar-refractivity contribution is -0.143. The largest absolute Gasteiger partial charge is 0.445 e. The molecule has 4 amide bonds. The van der Waals surface area contributed by atoms with Gasteiger partial charge in [0.1, 0.15) is 13.2 Å². The molecule has 3 aromatic carbocycles. The standard InChI is InChI=1S/C33H31F6N5O5/c1-22(24-15-26(32(34,35)36)17-27(16-24)33(37,38)39)49-20-30(25-11-7-4-8-12-25)13-14-31(40-2,42-28(46)43-41-21-45)19-44(30)29(47)48-18-23-9-5-3-6-10-23/h3-12,15-17,21-22H,13-14,18-20H2,1H3,(H,41,45)(H2,42,43,46)/t22-,30-,31+/m1/s1. The van der Waals surface area contributed by atoms with Crippen LogP contribution in [0.4, 0.5) is 35.9 Å². The van der Waals surface area contributed by atoms with E-state index in [1.54, 1.807) is 60.7 Å². The molecular formula is C33H31F6N5O5. The molecule has 0 aromatic heterocycles.